The van der Waals surface area contributed by atoms with Gasteiger partial charge in [0.15, 0.2) is 0 Å². The van der Waals surface area contributed by atoms with Crippen LogP contribution in [0.2, 0.25) is 0 Å². The van der Waals surface area contributed by atoms with Gasteiger partial charge in [-0.1, -0.05) is 44.2 Å². The van der Waals surface area contributed by atoms with E-state index in [-0.39, 0.29) is 0 Å². The second-order valence-corrected chi connectivity index (χ2v) is 5.94. The molecule has 0 fully saturated rings. The molecule has 1 nitrogen and oxygen atoms in total. The van der Waals surface area contributed by atoms with Crippen LogP contribution in [0.5, 0.6) is 0 Å². The molecule has 0 radical (unpaired) electrons. The Morgan fingerprint density at radius 3 is 2.37 bits per heavy atom. The van der Waals surface area contributed by atoms with Gasteiger partial charge < -0.3 is 5.32 Å². The molecule has 0 aliphatic heterocycles. The van der Waals surface area contributed by atoms with E-state index in [4.69, 9.17) is 0 Å². The topological polar surface area (TPSA) is 12.0 Å². The van der Waals surface area contributed by atoms with E-state index in [9.17, 15) is 0 Å². The fraction of sp³-hybridized carbons (Fsp3) is 0.412. The van der Waals surface area contributed by atoms with Crippen LogP contribution in [0.1, 0.15) is 55.3 Å². The minimum atomic E-state index is 0.413. The van der Waals surface area contributed by atoms with Gasteiger partial charge in [0.25, 0.3) is 0 Å². The van der Waals surface area contributed by atoms with Crippen LogP contribution in [0.4, 0.5) is 0 Å². The van der Waals surface area contributed by atoms with Gasteiger partial charge in [0.05, 0.1) is 0 Å². The van der Waals surface area contributed by atoms with E-state index < -0.39 is 0 Å². The fourth-order valence-electron chi connectivity index (χ4n) is 2.36. The Morgan fingerprint density at radius 2 is 1.84 bits per heavy atom. The summed E-state index contributed by atoms with van der Waals surface area (Å²) in [5.41, 5.74) is 2.80. The zero-order valence-corrected chi connectivity index (χ0v) is 12.8. The first-order valence-corrected chi connectivity index (χ1v) is 8.00. The molecule has 0 amide bonds. The van der Waals surface area contributed by atoms with Crippen molar-refractivity contribution in [3.05, 3.63) is 57.8 Å². The average molecular weight is 273 g/mol. The average Bonchev–Trinajstić information content (AvgIpc) is 2.99. The van der Waals surface area contributed by atoms with E-state index in [2.05, 4.69) is 67.9 Å². The molecule has 0 saturated heterocycles. The van der Waals surface area contributed by atoms with Gasteiger partial charge >= 0.3 is 0 Å². The number of rotatable bonds is 6. The molecule has 1 aromatic carbocycles. The first-order chi connectivity index (χ1) is 9.24. The lowest BCUT2D eigenvalue weighted by Crippen LogP contribution is -2.23. The third kappa shape index (κ3) is 3.68. The maximum atomic E-state index is 3.73. The molecule has 1 unspecified atom stereocenters. The minimum Gasteiger partial charge on any atom is -0.303 e. The van der Waals surface area contributed by atoms with Crippen LogP contribution in [0.15, 0.2) is 41.8 Å². The van der Waals surface area contributed by atoms with Crippen molar-refractivity contribution >= 4 is 11.3 Å². The van der Waals surface area contributed by atoms with Crippen molar-refractivity contribution in [3.8, 4) is 0 Å². The van der Waals surface area contributed by atoms with E-state index >= 15 is 0 Å². The largest absolute Gasteiger partial charge is 0.303 e. The zero-order valence-electron chi connectivity index (χ0n) is 12.0. The van der Waals surface area contributed by atoms with Crippen LogP contribution >= 0.6 is 11.3 Å². The van der Waals surface area contributed by atoms with Gasteiger partial charge in [0.2, 0.25) is 0 Å². The van der Waals surface area contributed by atoms with E-state index in [1.54, 1.807) is 0 Å². The summed E-state index contributed by atoms with van der Waals surface area (Å²) in [4.78, 5) is 1.41. The molecule has 0 spiro atoms. The Bertz CT molecular complexity index is 472. The Labute approximate surface area is 120 Å². The lowest BCUT2D eigenvalue weighted by molar-refractivity contribution is 0.460. The van der Waals surface area contributed by atoms with Crippen LogP contribution in [0.25, 0.3) is 0 Å². The molecule has 0 bridgehead atoms. The summed E-state index contributed by atoms with van der Waals surface area (Å²) in [5, 5.41) is 5.88. The Balaban J connectivity index is 2.06. The smallest absolute Gasteiger partial charge is 0.0391 e. The summed E-state index contributed by atoms with van der Waals surface area (Å²) >= 11 is 1.82. The summed E-state index contributed by atoms with van der Waals surface area (Å²) < 4.78 is 0. The van der Waals surface area contributed by atoms with E-state index in [0.29, 0.717) is 12.1 Å². The molecular formula is C17H23NS. The molecular weight excluding hydrogens is 250 g/mol. The van der Waals surface area contributed by atoms with Crippen LogP contribution in [-0.4, -0.2) is 0 Å². The molecule has 2 rings (SSSR count). The third-order valence-corrected chi connectivity index (χ3v) is 4.67. The lowest BCUT2D eigenvalue weighted by atomic mass is 10.0. The van der Waals surface area contributed by atoms with Gasteiger partial charge in [0, 0.05) is 17.0 Å². The minimum absolute atomic E-state index is 0.413. The van der Waals surface area contributed by atoms with Gasteiger partial charge in [-0.25, -0.2) is 0 Å². The van der Waals surface area contributed by atoms with Crippen LogP contribution in [0, 0.1) is 0 Å². The van der Waals surface area contributed by atoms with Crippen LogP contribution < -0.4 is 5.32 Å². The number of benzene rings is 1. The summed E-state index contributed by atoms with van der Waals surface area (Å²) in [6.07, 6.45) is 2.22. The number of aryl methyl sites for hydroxylation is 1. The highest BCUT2D eigenvalue weighted by atomic mass is 32.1. The maximum Gasteiger partial charge on any atom is 0.0391 e. The molecule has 2 aromatic rings. The molecule has 19 heavy (non-hydrogen) atoms. The Morgan fingerprint density at radius 1 is 1.11 bits per heavy atom. The van der Waals surface area contributed by atoms with Gasteiger partial charge in [0.1, 0.15) is 0 Å². The maximum absolute atomic E-state index is 3.73. The quantitative estimate of drug-likeness (QED) is 0.771. The number of thiophene rings is 1. The van der Waals surface area contributed by atoms with Crippen molar-refractivity contribution in [3.63, 3.8) is 0 Å². The molecule has 2 heteroatoms. The summed E-state index contributed by atoms with van der Waals surface area (Å²) in [6, 6.07) is 14.2. The first-order valence-electron chi connectivity index (χ1n) is 7.12. The van der Waals surface area contributed by atoms with Gasteiger partial charge in [-0.15, -0.1) is 11.3 Å². The lowest BCUT2D eigenvalue weighted by Gasteiger charge is -2.22. The van der Waals surface area contributed by atoms with Crippen molar-refractivity contribution < 1.29 is 0 Å². The highest BCUT2D eigenvalue weighted by molar-refractivity contribution is 7.10. The zero-order chi connectivity index (χ0) is 13.7. The highest BCUT2D eigenvalue weighted by Crippen LogP contribution is 2.24. The van der Waals surface area contributed by atoms with Gasteiger partial charge in [-0.05, 0) is 42.3 Å². The van der Waals surface area contributed by atoms with Crippen LogP contribution in [0.3, 0.4) is 0 Å². The van der Waals surface area contributed by atoms with E-state index in [1.165, 1.54) is 16.0 Å². The number of hydrogen-bond acceptors (Lipinski definition) is 2. The van der Waals surface area contributed by atoms with Crippen molar-refractivity contribution in [2.45, 2.75) is 45.7 Å². The molecule has 0 aliphatic rings. The second kappa shape index (κ2) is 6.88. The van der Waals surface area contributed by atoms with E-state index in [1.807, 2.05) is 11.3 Å². The summed E-state index contributed by atoms with van der Waals surface area (Å²) in [5.74, 6) is 0. The molecule has 0 saturated carbocycles. The van der Waals surface area contributed by atoms with Crippen LogP contribution in [-0.2, 0) is 6.42 Å². The van der Waals surface area contributed by atoms with Crippen molar-refractivity contribution in [2.24, 2.45) is 0 Å². The Kier molecular flexibility index (Phi) is 5.17. The van der Waals surface area contributed by atoms with E-state index in [0.717, 1.165) is 12.8 Å². The highest BCUT2D eigenvalue weighted by Gasteiger charge is 2.14. The third-order valence-electron chi connectivity index (χ3n) is 3.62. The summed E-state index contributed by atoms with van der Waals surface area (Å²) in [7, 11) is 0. The van der Waals surface area contributed by atoms with Crippen molar-refractivity contribution in [2.75, 3.05) is 0 Å². The summed E-state index contributed by atoms with van der Waals surface area (Å²) in [6.45, 7) is 6.69. The molecule has 0 aliphatic carbocycles. The normalized spacial score (nSPS) is 14.3. The molecule has 1 aromatic heterocycles. The second-order valence-electron chi connectivity index (χ2n) is 4.96. The van der Waals surface area contributed by atoms with Crippen molar-refractivity contribution in [1.82, 2.24) is 5.32 Å². The predicted octanol–water partition coefficient (Wildman–Crippen LogP) is 5.11. The number of hydrogen-bond donors (Lipinski definition) is 1. The monoisotopic (exact) mass is 273 g/mol. The molecule has 102 valence electrons. The first kappa shape index (κ1) is 14.3. The standard InChI is InChI=1S/C17H23NS/c1-4-14-8-10-15(11-9-14)16(5-2)18-13(3)17-7-6-12-19-17/h6-13,16,18H,4-5H2,1-3H3/t13-,16?/m0/s1. The number of nitrogens with one attached hydrogen (secondary N) is 1. The Hall–Kier alpha value is -1.12. The van der Waals surface area contributed by atoms with Gasteiger partial charge in [-0.3, -0.25) is 0 Å². The predicted molar refractivity (Wildman–Crippen MR) is 84.7 cm³/mol. The SMILES string of the molecule is CCc1ccc(C(CC)N[C@@H](C)c2cccs2)cc1. The molecule has 1 N–H and O–H groups in total. The molecule has 1 heterocycles. The fourth-order valence-corrected chi connectivity index (χ4v) is 3.10. The van der Waals surface area contributed by atoms with Gasteiger partial charge in [-0.2, -0.15) is 0 Å². The van der Waals surface area contributed by atoms with Crippen molar-refractivity contribution in [1.29, 1.82) is 0 Å². The molecule has 2 atom stereocenters.